The summed E-state index contributed by atoms with van der Waals surface area (Å²) in [7, 11) is 0. The number of likely N-dealkylation sites (tertiary alicyclic amines) is 1. The van der Waals surface area contributed by atoms with Gasteiger partial charge < -0.3 is 14.4 Å². The number of benzene rings is 1. The second kappa shape index (κ2) is 6.65. The van der Waals surface area contributed by atoms with Gasteiger partial charge >= 0.3 is 0 Å². The average molecular weight is 307 g/mol. The molecule has 2 aliphatic heterocycles. The minimum Gasteiger partial charge on any atom is -0.484 e. The lowest BCUT2D eigenvalue weighted by Crippen LogP contribution is -2.50. The van der Waals surface area contributed by atoms with Gasteiger partial charge in [0.2, 0.25) is 0 Å². The maximum Gasteiger partial charge on any atom is 0.260 e. The summed E-state index contributed by atoms with van der Waals surface area (Å²) in [6.45, 7) is 3.06. The van der Waals surface area contributed by atoms with Gasteiger partial charge in [0.15, 0.2) is 6.61 Å². The number of halogens is 1. The van der Waals surface area contributed by atoms with E-state index in [4.69, 9.17) is 9.47 Å². The Morgan fingerprint density at radius 2 is 2.23 bits per heavy atom. The standard InChI is InChI=1S/C17H22FNO3/c18-14-4-1-5-15(10-14)22-11-16(20)19-8-2-6-17(12-19)7-3-9-21-13-17/h1,4-5,10H,2-3,6-9,11-13H2. The van der Waals surface area contributed by atoms with Gasteiger partial charge in [0.25, 0.3) is 5.91 Å². The van der Waals surface area contributed by atoms with Crippen LogP contribution in [-0.4, -0.2) is 43.7 Å². The highest BCUT2D eigenvalue weighted by Crippen LogP contribution is 2.37. The van der Waals surface area contributed by atoms with Crippen molar-refractivity contribution >= 4 is 5.91 Å². The van der Waals surface area contributed by atoms with Crippen molar-refractivity contribution < 1.29 is 18.7 Å². The van der Waals surface area contributed by atoms with Crippen molar-refractivity contribution in [3.63, 3.8) is 0 Å². The zero-order valence-corrected chi connectivity index (χ0v) is 12.7. The number of nitrogens with zero attached hydrogens (tertiary/aromatic N) is 1. The third-order valence-corrected chi connectivity index (χ3v) is 4.58. The molecule has 2 saturated heterocycles. The lowest BCUT2D eigenvalue weighted by atomic mass is 9.76. The Labute approximate surface area is 130 Å². The van der Waals surface area contributed by atoms with E-state index >= 15 is 0 Å². The van der Waals surface area contributed by atoms with Crippen molar-refractivity contribution in [1.82, 2.24) is 4.90 Å². The zero-order valence-electron chi connectivity index (χ0n) is 12.7. The van der Waals surface area contributed by atoms with E-state index in [-0.39, 0.29) is 23.7 Å². The van der Waals surface area contributed by atoms with Crippen LogP contribution in [0.3, 0.4) is 0 Å². The average Bonchev–Trinajstić information content (AvgIpc) is 2.53. The summed E-state index contributed by atoms with van der Waals surface area (Å²) in [6.07, 6.45) is 4.33. The van der Waals surface area contributed by atoms with Crippen LogP contribution >= 0.6 is 0 Å². The van der Waals surface area contributed by atoms with Crippen molar-refractivity contribution in [2.75, 3.05) is 32.9 Å². The maximum atomic E-state index is 13.1. The number of amides is 1. The first-order chi connectivity index (χ1) is 10.7. The summed E-state index contributed by atoms with van der Waals surface area (Å²) in [6, 6.07) is 5.87. The molecule has 1 aromatic rings. The second-order valence-corrected chi connectivity index (χ2v) is 6.32. The van der Waals surface area contributed by atoms with Crippen LogP contribution in [0, 0.1) is 11.2 Å². The van der Waals surface area contributed by atoms with Gasteiger partial charge in [-0.2, -0.15) is 0 Å². The van der Waals surface area contributed by atoms with Crippen molar-refractivity contribution in [2.45, 2.75) is 25.7 Å². The van der Waals surface area contributed by atoms with Crippen molar-refractivity contribution in [3.8, 4) is 5.75 Å². The van der Waals surface area contributed by atoms with E-state index in [0.29, 0.717) is 5.75 Å². The fourth-order valence-corrected chi connectivity index (χ4v) is 3.45. The molecular formula is C17H22FNO3. The molecule has 1 unspecified atom stereocenters. The molecule has 2 fully saturated rings. The molecule has 1 aromatic carbocycles. The molecule has 120 valence electrons. The molecule has 5 heteroatoms. The molecule has 2 aliphatic rings. The van der Waals surface area contributed by atoms with E-state index in [1.54, 1.807) is 12.1 Å². The molecule has 22 heavy (non-hydrogen) atoms. The Hall–Kier alpha value is -1.62. The van der Waals surface area contributed by atoms with Gasteiger partial charge in [-0.1, -0.05) is 6.07 Å². The van der Waals surface area contributed by atoms with Gasteiger partial charge in [-0.3, -0.25) is 4.79 Å². The number of rotatable bonds is 3. The first kappa shape index (κ1) is 15.3. The van der Waals surface area contributed by atoms with Crippen LogP contribution in [0.2, 0.25) is 0 Å². The minimum absolute atomic E-state index is 0.0334. The van der Waals surface area contributed by atoms with Gasteiger partial charge in [-0.25, -0.2) is 4.39 Å². The van der Waals surface area contributed by atoms with E-state index in [2.05, 4.69) is 0 Å². The van der Waals surface area contributed by atoms with Crippen LogP contribution < -0.4 is 4.74 Å². The normalized spacial score (nSPS) is 25.2. The minimum atomic E-state index is -0.360. The Morgan fingerprint density at radius 1 is 1.36 bits per heavy atom. The SMILES string of the molecule is O=C(COc1cccc(F)c1)N1CCCC2(CCCOC2)C1. The summed E-state index contributed by atoms with van der Waals surface area (Å²) < 4.78 is 24.1. The third kappa shape index (κ3) is 3.58. The molecule has 1 spiro atoms. The van der Waals surface area contributed by atoms with Crippen LogP contribution in [0.15, 0.2) is 24.3 Å². The molecule has 0 aromatic heterocycles. The predicted molar refractivity (Wildman–Crippen MR) is 80.2 cm³/mol. The van der Waals surface area contributed by atoms with Gasteiger partial charge in [-0.15, -0.1) is 0 Å². The van der Waals surface area contributed by atoms with Gasteiger partial charge in [0, 0.05) is 31.2 Å². The highest BCUT2D eigenvalue weighted by molar-refractivity contribution is 5.78. The molecule has 4 nitrogen and oxygen atoms in total. The predicted octanol–water partition coefficient (Wildman–Crippen LogP) is 2.62. The summed E-state index contributed by atoms with van der Waals surface area (Å²) >= 11 is 0. The number of carbonyl (C=O) groups excluding carboxylic acids is 1. The molecule has 0 saturated carbocycles. The summed E-state index contributed by atoms with van der Waals surface area (Å²) in [5.74, 6) is -0.00351. The molecule has 3 rings (SSSR count). The molecule has 1 amide bonds. The molecule has 0 N–H and O–H groups in total. The number of piperidine rings is 1. The Kier molecular flexibility index (Phi) is 4.62. The molecule has 1 atom stereocenters. The highest BCUT2D eigenvalue weighted by atomic mass is 19.1. The maximum absolute atomic E-state index is 13.1. The molecule has 2 heterocycles. The van der Waals surface area contributed by atoms with E-state index in [1.807, 2.05) is 4.90 Å². The van der Waals surface area contributed by atoms with Crippen LogP contribution in [-0.2, 0) is 9.53 Å². The van der Waals surface area contributed by atoms with Crippen LogP contribution in [0.25, 0.3) is 0 Å². The topological polar surface area (TPSA) is 38.8 Å². The zero-order chi connectivity index (χ0) is 15.4. The summed E-state index contributed by atoms with van der Waals surface area (Å²) in [5, 5.41) is 0. The molecule has 0 aliphatic carbocycles. The quantitative estimate of drug-likeness (QED) is 0.861. The fraction of sp³-hybridized carbons (Fsp3) is 0.588. The summed E-state index contributed by atoms with van der Waals surface area (Å²) in [5.41, 5.74) is 0.130. The van der Waals surface area contributed by atoms with Gasteiger partial charge in [-0.05, 0) is 37.8 Å². The van der Waals surface area contributed by atoms with Crippen molar-refractivity contribution in [2.24, 2.45) is 5.41 Å². The van der Waals surface area contributed by atoms with Crippen molar-refractivity contribution in [3.05, 3.63) is 30.1 Å². The highest BCUT2D eigenvalue weighted by Gasteiger charge is 2.38. The molecular weight excluding hydrogens is 285 g/mol. The third-order valence-electron chi connectivity index (χ3n) is 4.58. The second-order valence-electron chi connectivity index (χ2n) is 6.32. The number of ether oxygens (including phenoxy) is 2. The largest absolute Gasteiger partial charge is 0.484 e. The first-order valence-corrected chi connectivity index (χ1v) is 7.91. The van der Waals surface area contributed by atoms with Crippen LogP contribution in [0.4, 0.5) is 4.39 Å². The van der Waals surface area contributed by atoms with E-state index in [0.717, 1.165) is 52.0 Å². The number of carbonyl (C=O) groups is 1. The number of hydrogen-bond donors (Lipinski definition) is 0. The summed E-state index contributed by atoms with van der Waals surface area (Å²) in [4.78, 5) is 14.2. The van der Waals surface area contributed by atoms with E-state index in [9.17, 15) is 9.18 Å². The van der Waals surface area contributed by atoms with E-state index < -0.39 is 0 Å². The monoisotopic (exact) mass is 307 g/mol. The lowest BCUT2D eigenvalue weighted by molar-refractivity contribution is -0.140. The lowest BCUT2D eigenvalue weighted by Gasteiger charge is -2.44. The van der Waals surface area contributed by atoms with Gasteiger partial charge in [0.1, 0.15) is 11.6 Å². The first-order valence-electron chi connectivity index (χ1n) is 7.91. The molecule has 0 bridgehead atoms. The Morgan fingerprint density at radius 3 is 3.00 bits per heavy atom. The van der Waals surface area contributed by atoms with Gasteiger partial charge in [0.05, 0.1) is 6.61 Å². The Balaban J connectivity index is 1.55. The van der Waals surface area contributed by atoms with Crippen LogP contribution in [0.5, 0.6) is 5.75 Å². The number of hydrogen-bond acceptors (Lipinski definition) is 3. The van der Waals surface area contributed by atoms with E-state index in [1.165, 1.54) is 12.1 Å². The Bertz CT molecular complexity index is 523. The molecule has 0 radical (unpaired) electrons. The van der Waals surface area contributed by atoms with Crippen molar-refractivity contribution in [1.29, 1.82) is 0 Å². The van der Waals surface area contributed by atoms with Crippen LogP contribution in [0.1, 0.15) is 25.7 Å². The smallest absolute Gasteiger partial charge is 0.260 e. The fourth-order valence-electron chi connectivity index (χ4n) is 3.45.